The van der Waals surface area contributed by atoms with Crippen LogP contribution in [0.1, 0.15) is 54.4 Å². The van der Waals surface area contributed by atoms with Crippen molar-refractivity contribution in [2.75, 3.05) is 7.11 Å². The summed E-state index contributed by atoms with van der Waals surface area (Å²) in [6.07, 6.45) is 6.78. The molecule has 2 aromatic rings. The van der Waals surface area contributed by atoms with Gasteiger partial charge in [-0.3, -0.25) is 4.79 Å². The number of hydrogen-bond donors (Lipinski definition) is 0. The van der Waals surface area contributed by atoms with Crippen LogP contribution >= 0.6 is 11.6 Å². The molecule has 1 saturated carbocycles. The maximum absolute atomic E-state index is 12.9. The zero-order valence-electron chi connectivity index (χ0n) is 15.2. The summed E-state index contributed by atoms with van der Waals surface area (Å²) in [5.41, 5.74) is 1.63. The quantitative estimate of drug-likeness (QED) is 0.455. The summed E-state index contributed by atoms with van der Waals surface area (Å²) in [5, 5.41) is 0.576. The molecule has 3 rings (SSSR count). The number of carbonyl (C=O) groups is 1. The molecular weight excluding hydrogens is 348 g/mol. The molecule has 26 heavy (non-hydrogen) atoms. The first-order chi connectivity index (χ1) is 12.7. The molecule has 0 bridgehead atoms. The number of halogens is 1. The molecule has 0 aromatic heterocycles. The minimum absolute atomic E-state index is 0.146. The van der Waals surface area contributed by atoms with Crippen LogP contribution in [0.2, 0.25) is 5.02 Å². The fourth-order valence-electron chi connectivity index (χ4n) is 3.51. The Morgan fingerprint density at radius 3 is 2.46 bits per heavy atom. The number of carbonyl (C=O) groups excluding carboxylic acids is 1. The van der Waals surface area contributed by atoms with Gasteiger partial charge < -0.3 is 9.47 Å². The zero-order valence-corrected chi connectivity index (χ0v) is 15.9. The van der Waals surface area contributed by atoms with Gasteiger partial charge in [-0.25, -0.2) is 0 Å². The predicted octanol–water partition coefficient (Wildman–Crippen LogP) is 6.08. The number of para-hydroxylation sites is 1. The van der Waals surface area contributed by atoms with Crippen LogP contribution < -0.4 is 9.47 Å². The smallest absolute Gasteiger partial charge is 0.166 e. The van der Waals surface area contributed by atoms with Crippen molar-refractivity contribution in [1.29, 1.82) is 0 Å². The second-order valence-electron chi connectivity index (χ2n) is 6.80. The first-order valence-electron chi connectivity index (χ1n) is 9.27. The number of Topliss-reactive ketones (excluding diaryl/α,β-unsaturated/α-hetero) is 1. The van der Waals surface area contributed by atoms with E-state index in [-0.39, 0.29) is 11.7 Å². The molecule has 1 fully saturated rings. The minimum Gasteiger partial charge on any atom is -0.496 e. The van der Waals surface area contributed by atoms with E-state index in [1.165, 1.54) is 12.8 Å². The highest BCUT2D eigenvalue weighted by molar-refractivity contribution is 6.32. The van der Waals surface area contributed by atoms with E-state index in [0.717, 1.165) is 36.8 Å². The van der Waals surface area contributed by atoms with Gasteiger partial charge in [0.1, 0.15) is 18.1 Å². The third-order valence-electron chi connectivity index (χ3n) is 5.02. The number of benzene rings is 2. The van der Waals surface area contributed by atoms with Crippen LogP contribution in [0, 0.1) is 5.92 Å². The lowest BCUT2D eigenvalue weighted by Gasteiger charge is -2.15. The molecule has 4 heteroatoms. The molecule has 0 saturated heterocycles. The minimum atomic E-state index is 0.146. The van der Waals surface area contributed by atoms with Crippen molar-refractivity contribution >= 4 is 17.4 Å². The fourth-order valence-corrected chi connectivity index (χ4v) is 3.70. The van der Waals surface area contributed by atoms with Crippen molar-refractivity contribution in [3.05, 3.63) is 58.6 Å². The summed E-state index contributed by atoms with van der Waals surface area (Å²) in [6.45, 7) is 0.338. The van der Waals surface area contributed by atoms with Crippen molar-refractivity contribution in [3.63, 3.8) is 0 Å². The topological polar surface area (TPSA) is 35.5 Å². The van der Waals surface area contributed by atoms with Gasteiger partial charge >= 0.3 is 0 Å². The van der Waals surface area contributed by atoms with Crippen LogP contribution in [-0.4, -0.2) is 12.9 Å². The average Bonchev–Trinajstić information content (AvgIpc) is 2.96. The molecule has 0 radical (unpaired) electrons. The third kappa shape index (κ3) is 4.59. The van der Waals surface area contributed by atoms with Crippen LogP contribution in [0.4, 0.5) is 0 Å². The summed E-state index contributed by atoms with van der Waals surface area (Å²) in [7, 11) is 1.62. The Kier molecular flexibility index (Phi) is 6.56. The van der Waals surface area contributed by atoms with Crippen molar-refractivity contribution < 1.29 is 14.3 Å². The molecule has 0 amide bonds. The number of ketones is 1. The van der Waals surface area contributed by atoms with Crippen LogP contribution in [-0.2, 0) is 6.61 Å². The summed E-state index contributed by atoms with van der Waals surface area (Å²) in [6, 6.07) is 13.0. The highest BCUT2D eigenvalue weighted by Crippen LogP contribution is 2.30. The number of hydrogen-bond acceptors (Lipinski definition) is 3. The van der Waals surface area contributed by atoms with E-state index in [1.807, 2.05) is 36.4 Å². The van der Waals surface area contributed by atoms with Gasteiger partial charge in [-0.1, -0.05) is 61.5 Å². The Bertz CT molecular complexity index is 749. The van der Waals surface area contributed by atoms with Crippen LogP contribution in [0.3, 0.4) is 0 Å². The van der Waals surface area contributed by atoms with Crippen molar-refractivity contribution in [1.82, 2.24) is 0 Å². The SMILES string of the molecule is COc1cc(C(=O)C2CCCCCC2)ccc1COc1ccccc1Cl. The van der Waals surface area contributed by atoms with Gasteiger partial charge in [0.15, 0.2) is 5.78 Å². The fraction of sp³-hybridized carbons (Fsp3) is 0.409. The van der Waals surface area contributed by atoms with E-state index in [1.54, 1.807) is 13.2 Å². The number of ether oxygens (including phenoxy) is 2. The first kappa shape index (κ1) is 18.8. The molecule has 0 aliphatic heterocycles. The van der Waals surface area contributed by atoms with E-state index in [9.17, 15) is 4.79 Å². The average molecular weight is 373 g/mol. The molecule has 0 N–H and O–H groups in total. The van der Waals surface area contributed by atoms with E-state index < -0.39 is 0 Å². The Morgan fingerprint density at radius 2 is 1.77 bits per heavy atom. The predicted molar refractivity (Wildman–Crippen MR) is 104 cm³/mol. The third-order valence-corrected chi connectivity index (χ3v) is 5.33. The summed E-state index contributed by atoms with van der Waals surface area (Å²) >= 11 is 6.13. The van der Waals surface area contributed by atoms with Crippen LogP contribution in [0.5, 0.6) is 11.5 Å². The van der Waals surface area contributed by atoms with Crippen LogP contribution in [0.15, 0.2) is 42.5 Å². The summed E-state index contributed by atoms with van der Waals surface area (Å²) < 4.78 is 11.3. The van der Waals surface area contributed by atoms with Gasteiger partial charge in [0.2, 0.25) is 0 Å². The first-order valence-corrected chi connectivity index (χ1v) is 9.65. The zero-order chi connectivity index (χ0) is 18.4. The van der Waals surface area contributed by atoms with Gasteiger partial charge in [-0.2, -0.15) is 0 Å². The molecule has 0 unspecified atom stereocenters. The number of methoxy groups -OCH3 is 1. The Morgan fingerprint density at radius 1 is 1.04 bits per heavy atom. The largest absolute Gasteiger partial charge is 0.496 e. The highest BCUT2D eigenvalue weighted by atomic mass is 35.5. The normalized spacial score (nSPS) is 15.3. The molecule has 0 heterocycles. The second kappa shape index (κ2) is 9.09. The standard InChI is InChI=1S/C22H25ClO3/c1-25-21-14-17(22(24)16-8-4-2-3-5-9-16)12-13-18(21)15-26-20-11-7-6-10-19(20)23/h6-7,10-14,16H,2-5,8-9,15H2,1H3. The molecule has 2 aromatic carbocycles. The molecule has 3 nitrogen and oxygen atoms in total. The maximum Gasteiger partial charge on any atom is 0.166 e. The molecule has 1 aliphatic carbocycles. The molecular formula is C22H25ClO3. The molecule has 0 atom stereocenters. The van der Waals surface area contributed by atoms with Gasteiger partial charge in [0, 0.05) is 17.0 Å². The van der Waals surface area contributed by atoms with Crippen molar-refractivity contribution in [2.24, 2.45) is 5.92 Å². The van der Waals surface area contributed by atoms with Gasteiger partial charge in [-0.15, -0.1) is 0 Å². The Hall–Kier alpha value is -2.00. The lowest BCUT2D eigenvalue weighted by atomic mass is 9.90. The summed E-state index contributed by atoms with van der Waals surface area (Å²) in [4.78, 5) is 12.9. The Balaban J connectivity index is 1.72. The van der Waals surface area contributed by atoms with E-state index >= 15 is 0 Å². The number of rotatable bonds is 6. The lowest BCUT2D eigenvalue weighted by molar-refractivity contribution is 0.0907. The van der Waals surface area contributed by atoms with Gasteiger partial charge in [0.25, 0.3) is 0 Å². The monoisotopic (exact) mass is 372 g/mol. The van der Waals surface area contributed by atoms with Crippen molar-refractivity contribution in [2.45, 2.75) is 45.1 Å². The molecule has 0 spiro atoms. The van der Waals surface area contributed by atoms with Crippen molar-refractivity contribution in [3.8, 4) is 11.5 Å². The molecule has 1 aliphatic rings. The summed E-state index contributed by atoms with van der Waals surface area (Å²) in [5.74, 6) is 1.70. The van der Waals surface area contributed by atoms with E-state index in [2.05, 4.69) is 0 Å². The Labute approximate surface area is 160 Å². The lowest BCUT2D eigenvalue weighted by Crippen LogP contribution is -2.14. The van der Waals surface area contributed by atoms with E-state index in [0.29, 0.717) is 23.1 Å². The second-order valence-corrected chi connectivity index (χ2v) is 7.21. The van der Waals surface area contributed by atoms with E-state index in [4.69, 9.17) is 21.1 Å². The molecule has 138 valence electrons. The maximum atomic E-state index is 12.9. The van der Waals surface area contributed by atoms with Crippen LogP contribution in [0.25, 0.3) is 0 Å². The highest BCUT2D eigenvalue weighted by Gasteiger charge is 2.22. The van der Waals surface area contributed by atoms with Gasteiger partial charge in [0.05, 0.1) is 12.1 Å². The van der Waals surface area contributed by atoms with Gasteiger partial charge in [-0.05, 0) is 31.0 Å².